The van der Waals surface area contributed by atoms with E-state index in [1.807, 2.05) is 0 Å². The molecule has 0 radical (unpaired) electrons. The third-order valence-electron chi connectivity index (χ3n) is 5.30. The quantitative estimate of drug-likeness (QED) is 0.187. The average Bonchev–Trinajstić information content (AvgIpc) is 2.76. The molecule has 2 aromatic rings. The van der Waals surface area contributed by atoms with Crippen LogP contribution in [0.5, 0.6) is 5.75 Å². The average molecular weight is 555 g/mol. The van der Waals surface area contributed by atoms with Gasteiger partial charge >= 0.3 is 0 Å². The van der Waals surface area contributed by atoms with Crippen LogP contribution in [0.25, 0.3) is 0 Å². The van der Waals surface area contributed by atoms with E-state index in [2.05, 4.69) is 90.8 Å². The molecule has 6 nitrogen and oxygen atoms in total. The fraction of sp³-hybridized carbons (Fsp3) is 0.480. The molecule has 0 aliphatic rings. The van der Waals surface area contributed by atoms with E-state index in [1.165, 1.54) is 16.7 Å². The Morgan fingerprint density at radius 3 is 2.28 bits per heavy atom. The number of methoxy groups -OCH3 is 1. The molecule has 0 saturated carbocycles. The topological polar surface area (TPSA) is 58.1 Å². The molecule has 32 heavy (non-hydrogen) atoms. The van der Waals surface area contributed by atoms with Crippen molar-refractivity contribution < 1.29 is 9.47 Å². The van der Waals surface area contributed by atoms with Crippen LogP contribution in [0.3, 0.4) is 0 Å². The summed E-state index contributed by atoms with van der Waals surface area (Å²) in [7, 11) is 5.62. The minimum atomic E-state index is 0. The lowest BCUT2D eigenvalue weighted by Gasteiger charge is -2.23. The molecule has 2 aromatic carbocycles. The van der Waals surface area contributed by atoms with E-state index in [0.29, 0.717) is 32.3 Å². The molecule has 0 amide bonds. The third kappa shape index (κ3) is 9.34. The molecule has 2 N–H and O–H groups in total. The molecular weight excluding hydrogens is 515 g/mol. The summed E-state index contributed by atoms with van der Waals surface area (Å²) in [6.45, 7) is 9.85. The molecule has 178 valence electrons. The molecule has 0 fully saturated rings. The number of nitrogens with zero attached hydrogens (tertiary/aromatic N) is 2. The van der Waals surface area contributed by atoms with Crippen molar-refractivity contribution in [2.75, 3.05) is 34.4 Å². The third-order valence-corrected chi connectivity index (χ3v) is 5.30. The van der Waals surface area contributed by atoms with Gasteiger partial charge in [-0.05, 0) is 50.6 Å². The van der Waals surface area contributed by atoms with Crippen LogP contribution in [0.2, 0.25) is 0 Å². The van der Waals surface area contributed by atoms with Crippen molar-refractivity contribution in [1.82, 2.24) is 15.5 Å². The second-order valence-electron chi connectivity index (χ2n) is 8.01. The smallest absolute Gasteiger partial charge is 0.191 e. The summed E-state index contributed by atoms with van der Waals surface area (Å²) in [4.78, 5) is 6.72. The van der Waals surface area contributed by atoms with Crippen LogP contribution in [0.15, 0.2) is 47.5 Å². The zero-order chi connectivity index (χ0) is 22.6. The van der Waals surface area contributed by atoms with Crippen molar-refractivity contribution in [2.24, 2.45) is 4.99 Å². The van der Waals surface area contributed by atoms with Crippen LogP contribution in [-0.4, -0.2) is 51.3 Å². The first-order valence-electron chi connectivity index (χ1n) is 10.9. The zero-order valence-corrected chi connectivity index (χ0v) is 22.6. The van der Waals surface area contributed by atoms with Gasteiger partial charge in [0.1, 0.15) is 12.4 Å². The van der Waals surface area contributed by atoms with Crippen LogP contribution in [-0.2, 0) is 24.4 Å². The number of ether oxygens (including phenoxy) is 2. The minimum absolute atomic E-state index is 0. The summed E-state index contributed by atoms with van der Waals surface area (Å²) >= 11 is 0. The van der Waals surface area contributed by atoms with Gasteiger partial charge in [-0.1, -0.05) is 36.4 Å². The van der Waals surface area contributed by atoms with Crippen LogP contribution >= 0.6 is 24.0 Å². The summed E-state index contributed by atoms with van der Waals surface area (Å²) in [6, 6.07) is 15.3. The van der Waals surface area contributed by atoms with Gasteiger partial charge in [0.05, 0.1) is 6.61 Å². The lowest BCUT2D eigenvalue weighted by atomic mass is 10.1. The molecule has 0 aliphatic carbocycles. The highest BCUT2D eigenvalue weighted by Crippen LogP contribution is 2.20. The minimum Gasteiger partial charge on any atom is -0.491 e. The van der Waals surface area contributed by atoms with Crippen LogP contribution < -0.4 is 15.4 Å². The highest BCUT2D eigenvalue weighted by molar-refractivity contribution is 14.0. The largest absolute Gasteiger partial charge is 0.491 e. The van der Waals surface area contributed by atoms with Gasteiger partial charge in [0.25, 0.3) is 0 Å². The molecule has 0 spiro atoms. The highest BCUT2D eigenvalue weighted by Gasteiger charge is 2.10. The van der Waals surface area contributed by atoms with Gasteiger partial charge in [-0.25, -0.2) is 0 Å². The van der Waals surface area contributed by atoms with Crippen molar-refractivity contribution in [1.29, 1.82) is 0 Å². The van der Waals surface area contributed by atoms with Crippen LogP contribution in [0.1, 0.15) is 36.1 Å². The Kier molecular flexibility index (Phi) is 13.3. The Hall–Kier alpha value is -1.84. The number of hydrogen-bond acceptors (Lipinski definition) is 4. The lowest BCUT2D eigenvalue weighted by Crippen LogP contribution is -2.36. The van der Waals surface area contributed by atoms with E-state index in [-0.39, 0.29) is 24.0 Å². The maximum Gasteiger partial charge on any atom is 0.191 e. The first kappa shape index (κ1) is 28.2. The number of aryl methyl sites for hydroxylation is 1. The van der Waals surface area contributed by atoms with Crippen LogP contribution in [0.4, 0.5) is 0 Å². The predicted octanol–water partition coefficient (Wildman–Crippen LogP) is 4.34. The molecule has 0 bridgehead atoms. The summed E-state index contributed by atoms with van der Waals surface area (Å²) in [5.41, 5.74) is 4.86. The zero-order valence-electron chi connectivity index (χ0n) is 20.3. The number of hydrogen-bond donors (Lipinski definition) is 2. The number of guanidine groups is 1. The fourth-order valence-corrected chi connectivity index (χ4v) is 3.09. The van der Waals surface area contributed by atoms with Crippen molar-refractivity contribution in [3.05, 3.63) is 64.7 Å². The lowest BCUT2D eigenvalue weighted by molar-refractivity contribution is 0.145. The summed E-state index contributed by atoms with van der Waals surface area (Å²) in [5.74, 6) is 1.64. The fourth-order valence-electron chi connectivity index (χ4n) is 3.09. The molecule has 0 aliphatic heterocycles. The van der Waals surface area contributed by atoms with E-state index in [9.17, 15) is 0 Å². The maximum atomic E-state index is 5.90. The van der Waals surface area contributed by atoms with Crippen molar-refractivity contribution >= 4 is 29.9 Å². The Bertz CT molecular complexity index is 842. The number of halogens is 1. The Balaban J connectivity index is 0.00000512. The molecule has 2 rings (SSSR count). The van der Waals surface area contributed by atoms with Gasteiger partial charge < -0.3 is 20.1 Å². The highest BCUT2D eigenvalue weighted by atomic mass is 127. The SMILES string of the molecule is CN=C(NCc1ccccc1CN(C)C(C)C)NCc1ccc(C)cc1OCCOC.I. The number of nitrogens with one attached hydrogen (secondary N) is 2. The summed E-state index contributed by atoms with van der Waals surface area (Å²) in [6.07, 6.45) is 0. The second-order valence-corrected chi connectivity index (χ2v) is 8.01. The van der Waals surface area contributed by atoms with Gasteiger partial charge in [-0.3, -0.25) is 9.89 Å². The van der Waals surface area contributed by atoms with Gasteiger partial charge in [-0.2, -0.15) is 0 Å². The molecule has 0 saturated heterocycles. The van der Waals surface area contributed by atoms with Crippen LogP contribution in [0, 0.1) is 6.92 Å². The molecule has 0 aromatic heterocycles. The van der Waals surface area contributed by atoms with Gasteiger partial charge in [-0.15, -0.1) is 24.0 Å². The number of benzene rings is 2. The van der Waals surface area contributed by atoms with E-state index >= 15 is 0 Å². The molecule has 0 heterocycles. The first-order valence-corrected chi connectivity index (χ1v) is 10.9. The Morgan fingerprint density at radius 2 is 1.66 bits per heavy atom. The van der Waals surface area contributed by atoms with Crippen molar-refractivity contribution in [3.63, 3.8) is 0 Å². The van der Waals surface area contributed by atoms with E-state index in [1.54, 1.807) is 14.2 Å². The van der Waals surface area contributed by atoms with E-state index < -0.39 is 0 Å². The summed E-state index contributed by atoms with van der Waals surface area (Å²) < 4.78 is 11.0. The molecule has 7 heteroatoms. The first-order chi connectivity index (χ1) is 14.9. The Labute approximate surface area is 210 Å². The molecular formula is C25H39IN4O2. The second kappa shape index (κ2) is 15.1. The standard InChI is InChI=1S/C25H38N4O2.HI/c1-19(2)29(5)18-23-10-8-7-9-21(23)16-27-25(26-4)28-17-22-12-11-20(3)15-24(22)31-14-13-30-6;/h7-12,15,19H,13-14,16-18H2,1-6H3,(H2,26,27,28);1H. The van der Waals surface area contributed by atoms with Crippen molar-refractivity contribution in [2.45, 2.75) is 46.4 Å². The van der Waals surface area contributed by atoms with Gasteiger partial charge in [0, 0.05) is 45.4 Å². The molecule has 0 unspecified atom stereocenters. The van der Waals surface area contributed by atoms with E-state index in [0.717, 1.165) is 23.8 Å². The monoisotopic (exact) mass is 554 g/mol. The van der Waals surface area contributed by atoms with Gasteiger partial charge in [0.2, 0.25) is 0 Å². The van der Waals surface area contributed by atoms with Crippen molar-refractivity contribution in [3.8, 4) is 5.75 Å². The predicted molar refractivity (Wildman–Crippen MR) is 144 cm³/mol. The van der Waals surface area contributed by atoms with Gasteiger partial charge in [0.15, 0.2) is 5.96 Å². The normalized spacial score (nSPS) is 11.4. The number of rotatable bonds is 11. The van der Waals surface area contributed by atoms with E-state index in [4.69, 9.17) is 9.47 Å². The molecule has 0 atom stereocenters. The summed E-state index contributed by atoms with van der Waals surface area (Å²) in [5, 5.41) is 6.84. The maximum absolute atomic E-state index is 5.90. The Morgan fingerprint density at radius 1 is 1.00 bits per heavy atom. The number of aliphatic imine (C=N–C) groups is 1.